The first kappa shape index (κ1) is 14.1. The van der Waals surface area contributed by atoms with Crippen LogP contribution in [0.3, 0.4) is 0 Å². The predicted octanol–water partition coefficient (Wildman–Crippen LogP) is 5.85. The van der Waals surface area contributed by atoms with Crippen LogP contribution in [0.25, 0.3) is 0 Å². The summed E-state index contributed by atoms with van der Waals surface area (Å²) in [6.45, 7) is 4.37. The summed E-state index contributed by atoms with van der Waals surface area (Å²) in [6.07, 6.45) is 8.19. The van der Waals surface area contributed by atoms with Gasteiger partial charge in [-0.15, -0.1) is 0 Å². The second kappa shape index (κ2) is 4.98. The van der Waals surface area contributed by atoms with Crippen molar-refractivity contribution in [3.05, 3.63) is 70.8 Å². The lowest BCUT2D eigenvalue weighted by molar-refractivity contribution is 0.102. The molecule has 0 saturated heterocycles. The molecule has 22 heavy (non-hydrogen) atoms. The van der Waals surface area contributed by atoms with Crippen molar-refractivity contribution in [1.29, 1.82) is 0 Å². The van der Waals surface area contributed by atoms with Crippen LogP contribution in [0.5, 0.6) is 0 Å². The van der Waals surface area contributed by atoms with Crippen LogP contribution in [-0.4, -0.2) is 0 Å². The topological polar surface area (TPSA) is 0 Å². The molecular formula is C22H26. The van der Waals surface area contributed by atoms with Crippen LogP contribution in [-0.2, 0) is 10.8 Å². The zero-order chi connectivity index (χ0) is 15.2. The van der Waals surface area contributed by atoms with Crippen LogP contribution in [0.1, 0.15) is 60.8 Å². The SMILES string of the molecule is Cc1ccc(C23CCC(c4ccc(C)cc4)(CC2)CC3)cc1. The number of hydrogen-bond donors (Lipinski definition) is 0. The van der Waals surface area contributed by atoms with Crippen molar-refractivity contribution in [3.63, 3.8) is 0 Å². The zero-order valence-corrected chi connectivity index (χ0v) is 13.9. The molecule has 0 atom stereocenters. The highest BCUT2D eigenvalue weighted by molar-refractivity contribution is 5.36. The van der Waals surface area contributed by atoms with E-state index in [4.69, 9.17) is 0 Å². The summed E-state index contributed by atoms with van der Waals surface area (Å²) in [6, 6.07) is 18.7. The maximum absolute atomic E-state index is 2.39. The summed E-state index contributed by atoms with van der Waals surface area (Å²) in [5, 5.41) is 0. The standard InChI is InChI=1S/C22H26/c1-17-3-7-19(8-4-17)21-11-14-22(15-12-21,16-13-21)20-9-5-18(2)6-10-20/h3-10H,11-16H2,1-2H3. The Bertz CT molecular complexity index is 574. The van der Waals surface area contributed by atoms with Gasteiger partial charge in [0.2, 0.25) is 0 Å². The minimum atomic E-state index is 0.472. The van der Waals surface area contributed by atoms with Crippen molar-refractivity contribution in [2.24, 2.45) is 0 Å². The second-order valence-electron chi connectivity index (χ2n) is 7.79. The molecule has 3 aliphatic rings. The molecule has 0 N–H and O–H groups in total. The van der Waals surface area contributed by atoms with E-state index in [2.05, 4.69) is 62.4 Å². The van der Waals surface area contributed by atoms with Gasteiger partial charge < -0.3 is 0 Å². The first-order chi connectivity index (χ1) is 10.6. The maximum atomic E-state index is 2.39. The monoisotopic (exact) mass is 290 g/mol. The van der Waals surface area contributed by atoms with E-state index in [1.807, 2.05) is 0 Å². The van der Waals surface area contributed by atoms with E-state index in [0.717, 1.165) is 0 Å². The molecule has 2 bridgehead atoms. The molecule has 0 aromatic heterocycles. The third-order valence-electron chi connectivity index (χ3n) is 6.57. The molecule has 0 unspecified atom stereocenters. The largest absolute Gasteiger partial charge is 0.0590 e. The molecular weight excluding hydrogens is 264 g/mol. The molecule has 0 aliphatic heterocycles. The highest BCUT2D eigenvalue weighted by atomic mass is 14.5. The van der Waals surface area contributed by atoms with Crippen LogP contribution in [0.4, 0.5) is 0 Å². The van der Waals surface area contributed by atoms with Gasteiger partial charge in [-0.3, -0.25) is 0 Å². The molecule has 0 spiro atoms. The summed E-state index contributed by atoms with van der Waals surface area (Å²) < 4.78 is 0. The Hall–Kier alpha value is -1.56. The van der Waals surface area contributed by atoms with Gasteiger partial charge in [-0.2, -0.15) is 0 Å². The Balaban J connectivity index is 1.61. The number of hydrogen-bond acceptors (Lipinski definition) is 0. The average Bonchev–Trinajstić information content (AvgIpc) is 2.57. The van der Waals surface area contributed by atoms with Gasteiger partial charge in [-0.1, -0.05) is 59.7 Å². The van der Waals surface area contributed by atoms with E-state index in [1.54, 1.807) is 11.1 Å². The molecule has 3 saturated carbocycles. The van der Waals surface area contributed by atoms with E-state index in [0.29, 0.717) is 10.8 Å². The lowest BCUT2D eigenvalue weighted by Crippen LogP contribution is -2.46. The van der Waals surface area contributed by atoms with E-state index in [9.17, 15) is 0 Å². The van der Waals surface area contributed by atoms with E-state index in [1.165, 1.54) is 49.7 Å². The average molecular weight is 290 g/mol. The van der Waals surface area contributed by atoms with Gasteiger partial charge in [0.15, 0.2) is 0 Å². The van der Waals surface area contributed by atoms with Crippen LogP contribution >= 0.6 is 0 Å². The summed E-state index contributed by atoms with van der Waals surface area (Å²) in [5.41, 5.74) is 6.88. The Labute approximate surface area is 134 Å². The van der Waals surface area contributed by atoms with Crippen LogP contribution in [0.2, 0.25) is 0 Å². The fourth-order valence-electron chi connectivity index (χ4n) is 4.87. The second-order valence-corrected chi connectivity index (χ2v) is 7.79. The molecule has 0 heterocycles. The Kier molecular flexibility index (Phi) is 3.18. The lowest BCUT2D eigenvalue weighted by atomic mass is 9.50. The molecule has 3 fully saturated rings. The van der Waals surface area contributed by atoms with Gasteiger partial charge in [0, 0.05) is 0 Å². The highest BCUT2D eigenvalue weighted by Crippen LogP contribution is 2.58. The van der Waals surface area contributed by atoms with Gasteiger partial charge in [0.1, 0.15) is 0 Å². The first-order valence-corrected chi connectivity index (χ1v) is 8.76. The van der Waals surface area contributed by atoms with Crippen LogP contribution in [0, 0.1) is 13.8 Å². The van der Waals surface area contributed by atoms with Gasteiger partial charge in [-0.05, 0) is 74.3 Å². The third kappa shape index (κ3) is 2.12. The Morgan fingerprint density at radius 1 is 0.500 bits per heavy atom. The maximum Gasteiger partial charge on any atom is -0.00460 e. The van der Waals surface area contributed by atoms with Gasteiger partial charge in [0.25, 0.3) is 0 Å². The van der Waals surface area contributed by atoms with Gasteiger partial charge in [0.05, 0.1) is 0 Å². The molecule has 114 valence electrons. The van der Waals surface area contributed by atoms with E-state index in [-0.39, 0.29) is 0 Å². The summed E-state index contributed by atoms with van der Waals surface area (Å²) in [4.78, 5) is 0. The van der Waals surface area contributed by atoms with Crippen molar-refractivity contribution in [2.75, 3.05) is 0 Å². The minimum Gasteiger partial charge on any atom is -0.0590 e. The summed E-state index contributed by atoms with van der Waals surface area (Å²) >= 11 is 0. The van der Waals surface area contributed by atoms with Gasteiger partial charge >= 0.3 is 0 Å². The number of benzene rings is 2. The smallest absolute Gasteiger partial charge is 0.00460 e. The van der Waals surface area contributed by atoms with Crippen LogP contribution in [0.15, 0.2) is 48.5 Å². The molecule has 0 heteroatoms. The first-order valence-electron chi connectivity index (χ1n) is 8.76. The minimum absolute atomic E-state index is 0.472. The molecule has 0 amide bonds. The van der Waals surface area contributed by atoms with Crippen molar-refractivity contribution >= 4 is 0 Å². The van der Waals surface area contributed by atoms with Crippen molar-refractivity contribution in [3.8, 4) is 0 Å². The quantitative estimate of drug-likeness (QED) is 0.651. The summed E-state index contributed by atoms with van der Waals surface area (Å²) in [7, 11) is 0. The fourth-order valence-corrected chi connectivity index (χ4v) is 4.87. The van der Waals surface area contributed by atoms with Crippen molar-refractivity contribution < 1.29 is 0 Å². The molecule has 5 rings (SSSR count). The van der Waals surface area contributed by atoms with Crippen molar-refractivity contribution in [2.45, 2.75) is 63.2 Å². The van der Waals surface area contributed by atoms with E-state index >= 15 is 0 Å². The van der Waals surface area contributed by atoms with Gasteiger partial charge in [-0.25, -0.2) is 0 Å². The third-order valence-corrected chi connectivity index (χ3v) is 6.57. The number of aryl methyl sites for hydroxylation is 2. The fraction of sp³-hybridized carbons (Fsp3) is 0.455. The summed E-state index contributed by atoms with van der Waals surface area (Å²) in [5.74, 6) is 0. The lowest BCUT2D eigenvalue weighted by Gasteiger charge is -2.54. The highest BCUT2D eigenvalue weighted by Gasteiger charge is 2.49. The number of rotatable bonds is 2. The van der Waals surface area contributed by atoms with Crippen LogP contribution < -0.4 is 0 Å². The molecule has 2 aromatic rings. The Morgan fingerprint density at radius 2 is 0.773 bits per heavy atom. The Morgan fingerprint density at radius 3 is 1.05 bits per heavy atom. The molecule has 2 aromatic carbocycles. The molecule has 0 radical (unpaired) electrons. The zero-order valence-electron chi connectivity index (χ0n) is 13.9. The number of fused-ring (bicyclic) bond motifs is 3. The predicted molar refractivity (Wildman–Crippen MR) is 93.4 cm³/mol. The molecule has 0 nitrogen and oxygen atoms in total. The van der Waals surface area contributed by atoms with E-state index < -0.39 is 0 Å². The normalized spacial score (nSPS) is 30.5. The molecule has 3 aliphatic carbocycles. The van der Waals surface area contributed by atoms with Crippen molar-refractivity contribution in [1.82, 2.24) is 0 Å².